The summed E-state index contributed by atoms with van der Waals surface area (Å²) >= 11 is 6.70. The van der Waals surface area contributed by atoms with Crippen molar-refractivity contribution in [1.29, 1.82) is 0 Å². The van der Waals surface area contributed by atoms with Crippen LogP contribution in [0.2, 0.25) is 0 Å². The van der Waals surface area contributed by atoms with E-state index in [1.165, 1.54) is 21.3 Å². The molecule has 0 bridgehead atoms. The molecule has 0 unspecified atom stereocenters. The summed E-state index contributed by atoms with van der Waals surface area (Å²) in [5, 5.41) is 0. The Kier molecular flexibility index (Phi) is 6.95. The number of hydrogen-bond acceptors (Lipinski definition) is 6. The fourth-order valence-corrected chi connectivity index (χ4v) is 5.05. The molecule has 1 saturated heterocycles. The number of rotatable bonds is 7. The lowest BCUT2D eigenvalue weighted by Gasteiger charge is -2.12. The molecular weight excluding hydrogens is 470 g/mol. The van der Waals surface area contributed by atoms with Crippen molar-refractivity contribution in [3.05, 3.63) is 75.0 Å². The molecule has 0 atom stereocenters. The van der Waals surface area contributed by atoms with Gasteiger partial charge in [0.05, 0.1) is 29.5 Å². The van der Waals surface area contributed by atoms with Gasteiger partial charge < -0.3 is 9.47 Å². The molecule has 1 aliphatic rings. The van der Waals surface area contributed by atoms with Gasteiger partial charge in [0.25, 0.3) is 11.5 Å². The zero-order chi connectivity index (χ0) is 24.4. The average Bonchev–Trinajstić information content (AvgIpc) is 3.21. The minimum absolute atomic E-state index is 0.263. The third kappa shape index (κ3) is 4.28. The summed E-state index contributed by atoms with van der Waals surface area (Å²) in [5.74, 6) is 0.932. The van der Waals surface area contributed by atoms with Crippen LogP contribution in [0.15, 0.2) is 58.2 Å². The highest BCUT2D eigenvalue weighted by Gasteiger charge is 2.37. The van der Waals surface area contributed by atoms with Crippen molar-refractivity contribution in [2.24, 2.45) is 7.05 Å². The number of thiocarbonyl (C=S) groups is 1. The quantitative estimate of drug-likeness (QED) is 0.350. The third-order valence-corrected chi connectivity index (χ3v) is 6.71. The molecule has 0 aliphatic carbocycles. The van der Waals surface area contributed by atoms with Crippen LogP contribution in [0.4, 0.5) is 5.69 Å². The number of amides is 1. The third-order valence-electron chi connectivity index (χ3n) is 5.41. The van der Waals surface area contributed by atoms with Crippen molar-refractivity contribution in [3.63, 3.8) is 0 Å². The Bertz CT molecular complexity index is 1340. The minimum Gasteiger partial charge on any atom is -0.490 e. The molecule has 0 radical (unpaired) electrons. The van der Waals surface area contributed by atoms with E-state index in [2.05, 4.69) is 0 Å². The maximum atomic E-state index is 13.4. The Morgan fingerprint density at radius 3 is 2.35 bits per heavy atom. The molecular formula is C25H25N3O4S2. The highest BCUT2D eigenvalue weighted by molar-refractivity contribution is 8.27. The van der Waals surface area contributed by atoms with Crippen molar-refractivity contribution in [1.82, 2.24) is 9.36 Å². The number of hydrogen-bond donors (Lipinski definition) is 0. The van der Waals surface area contributed by atoms with Gasteiger partial charge in [-0.2, -0.15) is 0 Å². The summed E-state index contributed by atoms with van der Waals surface area (Å²) < 4.78 is 14.9. The Hall–Kier alpha value is -3.30. The van der Waals surface area contributed by atoms with E-state index in [9.17, 15) is 9.59 Å². The number of thioether (sulfide) groups is 1. The average molecular weight is 496 g/mol. The van der Waals surface area contributed by atoms with Gasteiger partial charge in [-0.3, -0.25) is 19.2 Å². The topological polar surface area (TPSA) is 65.7 Å². The monoisotopic (exact) mass is 495 g/mol. The molecule has 0 spiro atoms. The molecule has 2 aromatic carbocycles. The van der Waals surface area contributed by atoms with Crippen molar-refractivity contribution in [2.45, 2.75) is 20.8 Å². The summed E-state index contributed by atoms with van der Waals surface area (Å²) in [6, 6.07) is 14.8. The van der Waals surface area contributed by atoms with Crippen molar-refractivity contribution in [2.75, 3.05) is 18.1 Å². The number of carbonyl (C=O) groups excluding carboxylic acids is 1. The minimum atomic E-state index is -0.326. The predicted octanol–water partition coefficient (Wildman–Crippen LogP) is 4.69. The van der Waals surface area contributed by atoms with Gasteiger partial charge in [-0.1, -0.05) is 48.2 Å². The fourth-order valence-electron chi connectivity index (χ4n) is 3.78. The molecule has 4 rings (SSSR count). The number of para-hydroxylation sites is 1. The van der Waals surface area contributed by atoms with Gasteiger partial charge >= 0.3 is 0 Å². The molecule has 7 nitrogen and oxygen atoms in total. The Morgan fingerprint density at radius 1 is 1.00 bits per heavy atom. The zero-order valence-electron chi connectivity index (χ0n) is 19.4. The summed E-state index contributed by atoms with van der Waals surface area (Å²) in [7, 11) is 1.79. The largest absolute Gasteiger partial charge is 0.490 e. The summed E-state index contributed by atoms with van der Waals surface area (Å²) in [5.41, 5.74) is 2.09. The van der Waals surface area contributed by atoms with E-state index in [0.717, 1.165) is 5.56 Å². The summed E-state index contributed by atoms with van der Waals surface area (Å²) in [4.78, 5) is 28.6. The molecule has 34 heavy (non-hydrogen) atoms. The molecule has 1 fully saturated rings. The first kappa shape index (κ1) is 23.8. The Morgan fingerprint density at radius 2 is 1.68 bits per heavy atom. The lowest BCUT2D eigenvalue weighted by molar-refractivity contribution is -0.113. The predicted molar refractivity (Wildman–Crippen MR) is 140 cm³/mol. The zero-order valence-corrected chi connectivity index (χ0v) is 21.0. The highest BCUT2D eigenvalue weighted by Crippen LogP contribution is 2.37. The molecule has 0 saturated carbocycles. The van der Waals surface area contributed by atoms with E-state index in [1.807, 2.05) is 62.4 Å². The maximum absolute atomic E-state index is 13.4. The molecule has 9 heteroatoms. The second-order valence-electron chi connectivity index (χ2n) is 7.50. The van der Waals surface area contributed by atoms with Crippen LogP contribution >= 0.6 is 24.0 Å². The van der Waals surface area contributed by atoms with E-state index in [4.69, 9.17) is 21.7 Å². The van der Waals surface area contributed by atoms with E-state index in [-0.39, 0.29) is 17.2 Å². The van der Waals surface area contributed by atoms with E-state index in [1.54, 1.807) is 24.7 Å². The molecule has 1 amide bonds. The van der Waals surface area contributed by atoms with Gasteiger partial charge in [-0.15, -0.1) is 0 Å². The van der Waals surface area contributed by atoms with E-state index >= 15 is 0 Å². The van der Waals surface area contributed by atoms with Crippen LogP contribution in [0.25, 0.3) is 11.8 Å². The molecule has 1 aromatic heterocycles. The first-order valence-electron chi connectivity index (χ1n) is 10.9. The van der Waals surface area contributed by atoms with Gasteiger partial charge in [-0.05, 0) is 56.7 Å². The van der Waals surface area contributed by atoms with E-state index < -0.39 is 0 Å². The number of aromatic nitrogens is 2. The normalized spacial score (nSPS) is 14.8. The van der Waals surface area contributed by atoms with Crippen LogP contribution in [0, 0.1) is 6.92 Å². The lowest BCUT2D eigenvalue weighted by atomic mass is 10.2. The number of carbonyl (C=O) groups is 1. The SMILES string of the molecule is CCOc1ccc(C=C2SC(=S)N(c3c(C)n(C)n(-c4ccccc4)c3=O)C2=O)cc1OCC. The molecule has 0 N–H and O–H groups in total. The number of ether oxygens (including phenoxy) is 2. The van der Waals surface area contributed by atoms with Gasteiger partial charge in [0, 0.05) is 7.05 Å². The number of anilines is 1. The molecule has 176 valence electrons. The maximum Gasteiger partial charge on any atom is 0.296 e. The molecule has 3 aromatic rings. The standard InChI is InChI=1S/C25H25N3O4S2/c1-5-31-19-13-12-17(14-20(19)32-6-2)15-21-23(29)27(25(33)34-21)22-16(3)26(4)28(24(22)30)18-10-8-7-9-11-18/h7-15H,5-6H2,1-4H3. The summed E-state index contributed by atoms with van der Waals surface area (Å²) in [6.07, 6.45) is 1.76. The van der Waals surface area contributed by atoms with Gasteiger partial charge in [-0.25, -0.2) is 4.68 Å². The Balaban J connectivity index is 1.72. The van der Waals surface area contributed by atoms with Crippen LogP contribution in [0.1, 0.15) is 25.1 Å². The highest BCUT2D eigenvalue weighted by atomic mass is 32.2. The first-order chi connectivity index (χ1) is 16.4. The van der Waals surface area contributed by atoms with Crippen molar-refractivity contribution >= 4 is 46.0 Å². The van der Waals surface area contributed by atoms with Gasteiger partial charge in [0.15, 0.2) is 15.8 Å². The van der Waals surface area contributed by atoms with Gasteiger partial charge in [0.1, 0.15) is 5.69 Å². The van der Waals surface area contributed by atoms with Crippen molar-refractivity contribution < 1.29 is 14.3 Å². The lowest BCUT2D eigenvalue weighted by Crippen LogP contribution is -2.33. The Labute approximate surface area is 207 Å². The van der Waals surface area contributed by atoms with E-state index in [0.29, 0.717) is 45.3 Å². The second-order valence-corrected chi connectivity index (χ2v) is 9.18. The van der Waals surface area contributed by atoms with Crippen LogP contribution in [-0.2, 0) is 11.8 Å². The van der Waals surface area contributed by atoms with Crippen LogP contribution in [0.3, 0.4) is 0 Å². The molecule has 1 aliphatic heterocycles. The first-order valence-corrected chi connectivity index (χ1v) is 12.1. The molecule has 2 heterocycles. The smallest absolute Gasteiger partial charge is 0.296 e. The summed E-state index contributed by atoms with van der Waals surface area (Å²) in [6.45, 7) is 6.63. The van der Waals surface area contributed by atoms with Crippen molar-refractivity contribution in [3.8, 4) is 17.2 Å². The van der Waals surface area contributed by atoms with Crippen LogP contribution < -0.4 is 19.9 Å². The number of benzene rings is 2. The van der Waals surface area contributed by atoms with Crippen LogP contribution in [0.5, 0.6) is 11.5 Å². The second kappa shape index (κ2) is 9.90. The number of nitrogens with zero attached hydrogens (tertiary/aromatic N) is 3. The fraction of sp³-hybridized carbons (Fsp3) is 0.240. The van der Waals surface area contributed by atoms with Crippen LogP contribution in [-0.4, -0.2) is 32.8 Å². The van der Waals surface area contributed by atoms with Gasteiger partial charge in [0.2, 0.25) is 0 Å².